The molecule has 0 unspecified atom stereocenters. The second kappa shape index (κ2) is 33.2. The third-order valence-electron chi connectivity index (χ3n) is 17.4. The van der Waals surface area contributed by atoms with Gasteiger partial charge in [0.1, 0.15) is 21.9 Å². The van der Waals surface area contributed by atoms with E-state index in [0.29, 0.717) is 11.2 Å². The molecule has 0 bridgehead atoms. The Morgan fingerprint density at radius 2 is 0.718 bits per heavy atom. The molecule has 2 N–H and O–H groups in total. The van der Waals surface area contributed by atoms with Gasteiger partial charge in [-0.15, -0.1) is 0 Å². The van der Waals surface area contributed by atoms with Gasteiger partial charge in [-0.25, -0.2) is 15.0 Å². The molecule has 12 aromatic heterocycles. The maximum atomic E-state index is 8.74. The van der Waals surface area contributed by atoms with Crippen LogP contribution in [-0.4, -0.2) is 112 Å². The van der Waals surface area contributed by atoms with Gasteiger partial charge in [0.25, 0.3) is 0 Å². The van der Waals surface area contributed by atoms with Crippen LogP contribution < -0.4 is 19.7 Å². The van der Waals surface area contributed by atoms with E-state index in [9.17, 15) is 0 Å². The van der Waals surface area contributed by atoms with E-state index in [1.807, 2.05) is 167 Å². The summed E-state index contributed by atoms with van der Waals surface area (Å²) >= 11 is 3.50. The number of benzene rings is 3. The number of hydrogen-bond acceptors (Lipinski definition) is 17. The minimum Gasteiger partial charge on any atom is -0.497 e. The highest BCUT2D eigenvalue weighted by molar-refractivity contribution is 9.10. The third-order valence-corrected chi connectivity index (χ3v) is 18.0. The van der Waals surface area contributed by atoms with E-state index in [2.05, 4.69) is 144 Å². The van der Waals surface area contributed by atoms with Crippen LogP contribution in [0.25, 0.3) is 73.2 Å². The van der Waals surface area contributed by atoms with Crippen molar-refractivity contribution in [2.75, 3.05) is 21.3 Å². The molecule has 20 nitrogen and oxygen atoms in total. The van der Waals surface area contributed by atoms with Crippen LogP contribution >= 0.6 is 15.9 Å². The Labute approximate surface area is 606 Å². The van der Waals surface area contributed by atoms with E-state index < -0.39 is 7.12 Å². The molecule has 12 heterocycles. The van der Waals surface area contributed by atoms with Gasteiger partial charge in [0.05, 0.1) is 85.5 Å². The normalized spacial score (nSPS) is 11.0. The molecule has 103 heavy (non-hydrogen) atoms. The Bertz CT molecular complexity index is 5230. The van der Waals surface area contributed by atoms with Crippen molar-refractivity contribution < 1.29 is 24.3 Å². The van der Waals surface area contributed by atoms with E-state index in [1.54, 1.807) is 44.7 Å². The number of nitrogens with zero attached hydrogens (tertiary/aromatic N) is 15. The number of imidazole rings is 3. The Morgan fingerprint density at radius 3 is 1.09 bits per heavy atom. The minimum absolute atomic E-state index is 0.435. The first kappa shape index (κ1) is 71.1. The lowest BCUT2D eigenvalue weighted by molar-refractivity contribution is 0.412. The highest BCUT2D eigenvalue weighted by Crippen LogP contribution is 2.30. The zero-order valence-corrected chi connectivity index (χ0v) is 60.4. The molecule has 0 saturated heterocycles. The first-order valence-electron chi connectivity index (χ1n) is 33.6. The summed E-state index contributed by atoms with van der Waals surface area (Å²) in [7, 11) is 3.46. The quantitative estimate of drug-likeness (QED) is 0.0760. The molecule has 15 aromatic rings. The molecular weight excluding hydrogens is 1350 g/mol. The molecule has 0 amide bonds. The molecule has 516 valence electrons. The number of pyridine rings is 6. The lowest BCUT2D eigenvalue weighted by atomic mass is 9.80. The molecule has 0 atom stereocenters. The smallest absolute Gasteiger partial charge is 0.488 e. The molecule has 0 radical (unpaired) electrons. The van der Waals surface area contributed by atoms with Crippen LogP contribution in [0.2, 0.25) is 0 Å². The van der Waals surface area contributed by atoms with Gasteiger partial charge in [0, 0.05) is 121 Å². The van der Waals surface area contributed by atoms with Crippen molar-refractivity contribution in [1.82, 2.24) is 73.0 Å². The van der Waals surface area contributed by atoms with Crippen molar-refractivity contribution in [2.45, 2.75) is 80.1 Å². The van der Waals surface area contributed by atoms with Gasteiger partial charge < -0.3 is 24.3 Å². The van der Waals surface area contributed by atoms with Crippen molar-refractivity contribution in [1.29, 1.82) is 0 Å². The fraction of sp³-hybridized carbons (Fsp3) is 0.185. The molecule has 0 aliphatic heterocycles. The highest BCUT2D eigenvalue weighted by atomic mass is 79.9. The van der Waals surface area contributed by atoms with E-state index >= 15 is 0 Å². The van der Waals surface area contributed by atoms with E-state index in [4.69, 9.17) is 34.2 Å². The molecule has 0 fully saturated rings. The zero-order chi connectivity index (χ0) is 71.9. The third kappa shape index (κ3) is 17.4. The number of methoxy groups -OCH3 is 3. The predicted octanol–water partition coefficient (Wildman–Crippen LogP) is 14.3. The lowest BCUT2D eigenvalue weighted by Gasteiger charge is -2.09. The van der Waals surface area contributed by atoms with Crippen molar-refractivity contribution in [3.8, 4) is 73.5 Å². The minimum atomic E-state index is -1.43. The molecule has 0 saturated carbocycles. The molecule has 0 spiro atoms. The SMILES string of the molecule is COc1cccc(-c2cnc3c(CCc4cnc(-c5cncc(C)c5)c(C)c4)nccn23)c1.COc1cccc(-c2cnc3c(CCc4cnc(-c5cncc(C)c5)c(C)c4)nccn23)c1.COc1cccc(B(O)O)c1.Cc1cncc(-c2ncc(CCc3nccn4c(Br)cnc34)cc2C)c1. The van der Waals surface area contributed by atoms with Crippen LogP contribution in [0.1, 0.15) is 67.2 Å². The number of aryl methyl sites for hydroxylation is 12. The topological polar surface area (TPSA) is 236 Å². The van der Waals surface area contributed by atoms with Gasteiger partial charge in [0.2, 0.25) is 0 Å². The van der Waals surface area contributed by atoms with Gasteiger partial charge in [-0.05, 0) is 206 Å². The number of halogens is 1. The second-order valence-corrected chi connectivity index (χ2v) is 25.8. The average Bonchev–Trinajstić information content (AvgIpc) is 1.67. The van der Waals surface area contributed by atoms with Gasteiger partial charge in [-0.2, -0.15) is 0 Å². The highest BCUT2D eigenvalue weighted by Gasteiger charge is 2.17. The molecule has 15 rings (SSSR count). The summed E-state index contributed by atoms with van der Waals surface area (Å²) in [5, 5.41) is 17.5. The van der Waals surface area contributed by atoms with Gasteiger partial charge in [-0.1, -0.05) is 54.6 Å². The number of ether oxygens (including phenoxy) is 3. The van der Waals surface area contributed by atoms with Crippen LogP contribution in [-0.2, 0) is 38.5 Å². The Balaban J connectivity index is 0.000000136. The summed E-state index contributed by atoms with van der Waals surface area (Å²) in [6, 6.07) is 35.6. The lowest BCUT2D eigenvalue weighted by Crippen LogP contribution is -2.29. The first-order chi connectivity index (χ1) is 50.1. The van der Waals surface area contributed by atoms with Gasteiger partial charge >= 0.3 is 7.12 Å². The van der Waals surface area contributed by atoms with E-state index in [0.717, 1.165) is 178 Å². The van der Waals surface area contributed by atoms with Crippen LogP contribution in [0.15, 0.2) is 225 Å². The Hall–Kier alpha value is -11.7. The monoisotopic (exact) mass is 1430 g/mol. The summed E-state index contributed by atoms with van der Waals surface area (Å²) in [6.07, 6.45) is 38.9. The zero-order valence-electron chi connectivity index (χ0n) is 58.8. The van der Waals surface area contributed by atoms with Crippen LogP contribution in [0.3, 0.4) is 0 Å². The largest absolute Gasteiger partial charge is 0.497 e. The number of hydrogen-bond donors (Lipinski definition) is 2. The summed E-state index contributed by atoms with van der Waals surface area (Å²) < 4.78 is 22.8. The summed E-state index contributed by atoms with van der Waals surface area (Å²) in [6.45, 7) is 12.4. The molecule has 3 aromatic carbocycles. The number of fused-ring (bicyclic) bond motifs is 3. The molecule has 22 heteroatoms. The summed E-state index contributed by atoms with van der Waals surface area (Å²) in [5.74, 6) is 2.27. The Kier molecular flexibility index (Phi) is 22.9. The summed E-state index contributed by atoms with van der Waals surface area (Å²) in [5.41, 5.74) is 26.7. The standard InChI is InChI=1S/2C27H25N5O.C20H18BrN5.C7H9BO3/c2*1-18-11-22(16-28-14-18)26-19(2)12-20(15-30-26)7-8-24-27-31-17-25(32(27)10-9-29-24)21-5-4-6-23(13-21)33-3;1-13-7-16(11-22-9-13)19-14(2)8-15(10-24-19)3-4-17-20-25-12-18(21)26(20)6-5-23-17;1-11-7-4-2-3-6(5-7)8(9)10/h2*4-6,9-17H,7-8H2,1-3H3;5-12H,3-4H2,1-2H3;2-5,9-10H,1H3. The van der Waals surface area contributed by atoms with Crippen molar-refractivity contribution in [3.63, 3.8) is 0 Å². The number of rotatable bonds is 18. The maximum absolute atomic E-state index is 8.74. The molecule has 0 aliphatic carbocycles. The fourth-order valence-corrected chi connectivity index (χ4v) is 12.7. The predicted molar refractivity (Wildman–Crippen MR) is 407 cm³/mol. The fourth-order valence-electron chi connectivity index (χ4n) is 12.3. The average molecular weight is 1430 g/mol. The maximum Gasteiger partial charge on any atom is 0.488 e. The van der Waals surface area contributed by atoms with Crippen molar-refractivity contribution in [3.05, 3.63) is 292 Å². The number of aromatic nitrogens is 15. The molecular formula is C81H77BBrN15O5. The van der Waals surface area contributed by atoms with Crippen LogP contribution in [0.4, 0.5) is 0 Å². The first-order valence-corrected chi connectivity index (χ1v) is 34.4. The van der Waals surface area contributed by atoms with E-state index in [1.165, 1.54) is 23.8 Å². The van der Waals surface area contributed by atoms with Crippen LogP contribution in [0, 0.1) is 41.5 Å². The van der Waals surface area contributed by atoms with Crippen LogP contribution in [0.5, 0.6) is 17.2 Å². The van der Waals surface area contributed by atoms with Gasteiger partial charge in [0.15, 0.2) is 16.9 Å². The molecule has 0 aliphatic rings. The Morgan fingerprint density at radius 1 is 0.359 bits per heavy atom. The van der Waals surface area contributed by atoms with E-state index in [-0.39, 0.29) is 0 Å². The summed E-state index contributed by atoms with van der Waals surface area (Å²) in [4.78, 5) is 54.6. The second-order valence-electron chi connectivity index (χ2n) is 25.0. The van der Waals surface area contributed by atoms with Crippen molar-refractivity contribution in [2.24, 2.45) is 0 Å². The van der Waals surface area contributed by atoms with Crippen molar-refractivity contribution >= 4 is 45.5 Å². The van der Waals surface area contributed by atoms with Gasteiger partial charge in [-0.3, -0.25) is 58.1 Å².